The van der Waals surface area contributed by atoms with Crippen LogP contribution in [0.5, 0.6) is 0 Å². The Morgan fingerprint density at radius 3 is 1.43 bits per heavy atom. The van der Waals surface area contributed by atoms with E-state index in [1.165, 1.54) is 0 Å². The summed E-state index contributed by atoms with van der Waals surface area (Å²) in [4.78, 5) is 16.6. The third-order valence-electron chi connectivity index (χ3n) is 0. The van der Waals surface area contributed by atoms with Crippen molar-refractivity contribution in [3.8, 4) is 0 Å². The molecule has 0 aromatic heterocycles. The van der Waals surface area contributed by atoms with E-state index in [1.54, 1.807) is 0 Å². The van der Waals surface area contributed by atoms with Crippen molar-refractivity contribution in [3.63, 3.8) is 0 Å². The molecule has 0 aliphatic rings. The van der Waals surface area contributed by atoms with Crippen molar-refractivity contribution in [3.05, 3.63) is 0 Å². The maximum absolute atomic E-state index is 8.56. The van der Waals surface area contributed by atoms with Crippen LogP contribution in [0.4, 0.5) is 4.79 Å². The van der Waals surface area contributed by atoms with Gasteiger partial charge in [0.25, 0.3) is 0 Å². The average Bonchev–Trinajstić information content (AvgIpc) is 1.41. The number of carboxylic acid groups (broad SMARTS) is 2. The van der Waals surface area contributed by atoms with E-state index in [4.69, 9.17) is 19.8 Å². The van der Waals surface area contributed by atoms with Crippen LogP contribution in [0.15, 0.2) is 0 Å². The van der Waals surface area contributed by atoms with Crippen LogP contribution in [0.2, 0.25) is 0 Å². The summed E-state index contributed by atoms with van der Waals surface area (Å²) in [5.74, 6) is 0. The molecular formula is C2H5LiO4. The molecule has 5 heteroatoms. The van der Waals surface area contributed by atoms with Crippen LogP contribution in [0.1, 0.15) is 1.43 Å². The molecule has 38 valence electrons. The molecule has 0 bridgehead atoms. The molecule has 0 aromatic carbocycles. The molecule has 4 nitrogen and oxygen atoms in total. The summed E-state index contributed by atoms with van der Waals surface area (Å²) < 4.78 is 0. The largest absolute Gasteiger partial charge is 1.00 e. The Morgan fingerprint density at radius 2 is 1.43 bits per heavy atom. The van der Waals surface area contributed by atoms with E-state index >= 15 is 0 Å². The molecule has 0 amide bonds. The minimum absolute atomic E-state index is 0. The minimum atomic E-state index is -1.83. The van der Waals surface area contributed by atoms with Gasteiger partial charge in [0.1, 0.15) is 6.79 Å². The third kappa shape index (κ3) is 324. The Kier molecular flexibility index (Phi) is 40.5. The van der Waals surface area contributed by atoms with Crippen LogP contribution in [-0.2, 0) is 4.79 Å². The number of rotatable bonds is 0. The molecule has 0 rings (SSSR count). The summed E-state index contributed by atoms with van der Waals surface area (Å²) in [5, 5.41) is 13.9. The smallest absolute Gasteiger partial charge is 1.00 e. The quantitative estimate of drug-likeness (QED) is 0.321. The van der Waals surface area contributed by atoms with Gasteiger partial charge in [-0.2, -0.15) is 0 Å². The summed E-state index contributed by atoms with van der Waals surface area (Å²) in [6.45, 7) is 2.00. The average molecular weight is 100.0 g/mol. The maximum atomic E-state index is 8.56. The van der Waals surface area contributed by atoms with E-state index in [2.05, 4.69) is 0 Å². The second-order valence-electron chi connectivity index (χ2n) is 0.283. The molecule has 0 unspecified atom stereocenters. The first kappa shape index (κ1) is 16.0. The van der Waals surface area contributed by atoms with Gasteiger partial charge in [-0.25, -0.2) is 4.79 Å². The van der Waals surface area contributed by atoms with Gasteiger partial charge in [-0.3, -0.25) is 0 Å². The number of carbonyl (C=O) groups is 2. The fourth-order valence-electron chi connectivity index (χ4n) is 0. The topological polar surface area (TPSA) is 74.6 Å². The van der Waals surface area contributed by atoms with Gasteiger partial charge in [0.15, 0.2) is 0 Å². The zero-order valence-corrected chi connectivity index (χ0v) is 3.92. The van der Waals surface area contributed by atoms with E-state index in [0.717, 1.165) is 0 Å². The second kappa shape index (κ2) is 17.7. The van der Waals surface area contributed by atoms with Gasteiger partial charge in [-0.1, -0.05) is 0 Å². The van der Waals surface area contributed by atoms with Crippen molar-refractivity contribution in [1.82, 2.24) is 0 Å². The molecule has 2 N–H and O–H groups in total. The fourth-order valence-corrected chi connectivity index (χ4v) is 0. The van der Waals surface area contributed by atoms with Crippen molar-refractivity contribution in [2.75, 3.05) is 0 Å². The summed E-state index contributed by atoms with van der Waals surface area (Å²) in [5.41, 5.74) is 0. The number of carbonyl (C=O) groups excluding carboxylic acids is 1. The predicted molar refractivity (Wildman–Crippen MR) is 18.9 cm³/mol. The van der Waals surface area contributed by atoms with E-state index < -0.39 is 6.16 Å². The summed E-state index contributed by atoms with van der Waals surface area (Å²) >= 11 is 0. The van der Waals surface area contributed by atoms with Gasteiger partial charge in [0.2, 0.25) is 0 Å². The molecule has 0 spiro atoms. The van der Waals surface area contributed by atoms with E-state index in [1.807, 2.05) is 6.79 Å². The van der Waals surface area contributed by atoms with Crippen LogP contribution in [-0.4, -0.2) is 23.2 Å². The molecule has 0 aliphatic carbocycles. The Hall–Kier alpha value is -0.463. The molecule has 0 aliphatic heterocycles. The summed E-state index contributed by atoms with van der Waals surface area (Å²) in [6, 6.07) is 0. The van der Waals surface area contributed by atoms with Crippen LogP contribution < -0.4 is 18.9 Å². The fraction of sp³-hybridized carbons (Fsp3) is 0. The summed E-state index contributed by atoms with van der Waals surface area (Å²) in [6.07, 6.45) is -1.83. The molecule has 0 aromatic rings. The van der Waals surface area contributed by atoms with Crippen molar-refractivity contribution >= 4 is 12.9 Å². The molecule has 0 atom stereocenters. The van der Waals surface area contributed by atoms with Gasteiger partial charge >= 0.3 is 25.0 Å². The Balaban J connectivity index is -0.0000000183. The van der Waals surface area contributed by atoms with Gasteiger partial charge in [-0.05, 0) is 0 Å². The molecule has 0 heterocycles. The molecule has 7 heavy (non-hydrogen) atoms. The minimum Gasteiger partial charge on any atom is -1.00 e. The molecular weight excluding hydrogens is 95.0 g/mol. The van der Waals surface area contributed by atoms with Crippen LogP contribution in [0, 0.1) is 0 Å². The number of hydrogen-bond acceptors (Lipinski definition) is 2. The SMILES string of the molecule is C=O.O=C(O)O.[H-].[Li+]. The molecule has 0 fully saturated rings. The summed E-state index contributed by atoms with van der Waals surface area (Å²) in [7, 11) is 0. The first-order chi connectivity index (χ1) is 2.73. The van der Waals surface area contributed by atoms with Gasteiger partial charge in [0, 0.05) is 0 Å². The van der Waals surface area contributed by atoms with Gasteiger partial charge in [0.05, 0.1) is 0 Å². The van der Waals surface area contributed by atoms with Crippen LogP contribution >= 0.6 is 0 Å². The van der Waals surface area contributed by atoms with E-state index in [-0.39, 0.29) is 20.3 Å². The van der Waals surface area contributed by atoms with Gasteiger partial charge in [-0.15, -0.1) is 0 Å². The normalized spacial score (nSPS) is 4.00. The second-order valence-corrected chi connectivity index (χ2v) is 0.283. The van der Waals surface area contributed by atoms with Crippen LogP contribution in [0.3, 0.4) is 0 Å². The standard InChI is InChI=1S/CH2O3.CH2O.Li.H/c2-1(3)4;1-2;;/h(H2,2,3,4);1H2;;/q;;+1;-1. The Morgan fingerprint density at radius 1 is 1.43 bits per heavy atom. The van der Waals surface area contributed by atoms with E-state index in [0.29, 0.717) is 0 Å². The van der Waals surface area contributed by atoms with E-state index in [9.17, 15) is 0 Å². The molecule has 0 radical (unpaired) electrons. The third-order valence-corrected chi connectivity index (χ3v) is 0. The monoisotopic (exact) mass is 100 g/mol. The van der Waals surface area contributed by atoms with Gasteiger partial charge < -0.3 is 16.4 Å². The number of hydrogen-bond donors (Lipinski definition) is 2. The van der Waals surface area contributed by atoms with Crippen molar-refractivity contribution < 1.29 is 40.1 Å². The van der Waals surface area contributed by atoms with Crippen molar-refractivity contribution in [2.45, 2.75) is 0 Å². The zero-order chi connectivity index (χ0) is 5.58. The predicted octanol–water partition coefficient (Wildman–Crippen LogP) is -2.85. The van der Waals surface area contributed by atoms with Crippen molar-refractivity contribution in [2.24, 2.45) is 0 Å². The maximum Gasteiger partial charge on any atom is 1.00 e. The first-order valence-electron chi connectivity index (χ1n) is 0.940. The Bertz CT molecular complexity index is 45.3. The zero-order valence-electron chi connectivity index (χ0n) is 4.92. The van der Waals surface area contributed by atoms with Crippen molar-refractivity contribution in [1.29, 1.82) is 0 Å². The van der Waals surface area contributed by atoms with Crippen LogP contribution in [0.25, 0.3) is 0 Å². The Labute approximate surface area is 53.8 Å². The molecule has 0 saturated carbocycles. The molecule has 0 saturated heterocycles. The first-order valence-corrected chi connectivity index (χ1v) is 0.940.